The number of nitrogens with zero attached hydrogens (tertiary/aromatic N) is 2. The van der Waals surface area contributed by atoms with Crippen LogP contribution in [-0.4, -0.2) is 30.4 Å². The molecule has 3 aliphatic heterocycles. The Morgan fingerprint density at radius 2 is 1.62 bits per heavy atom. The summed E-state index contributed by atoms with van der Waals surface area (Å²) in [5.74, 6) is -2.13. The zero-order valence-corrected chi connectivity index (χ0v) is 20.5. The summed E-state index contributed by atoms with van der Waals surface area (Å²) in [5, 5.41) is 2.28. The van der Waals surface area contributed by atoms with E-state index in [1.165, 1.54) is 12.1 Å². The third-order valence-corrected chi connectivity index (χ3v) is 8.14. The van der Waals surface area contributed by atoms with Crippen molar-refractivity contribution < 1.29 is 31.9 Å². The smallest absolute Gasteiger partial charge is 0.364 e. The normalized spacial score (nSPS) is 24.9. The Kier molecular flexibility index (Phi) is 5.74. The number of hydrogen-bond acceptors (Lipinski definition) is 4. The number of benzene rings is 3. The van der Waals surface area contributed by atoms with Crippen LogP contribution in [0.3, 0.4) is 0 Å². The number of anilines is 2. The van der Waals surface area contributed by atoms with E-state index in [9.17, 15) is 27.6 Å². The molecule has 0 radical (unpaired) electrons. The Morgan fingerprint density at radius 3 is 2.31 bits per heavy atom. The molecule has 3 unspecified atom stereocenters. The summed E-state index contributed by atoms with van der Waals surface area (Å²) in [6.45, 7) is 0.370. The first-order valence-electron chi connectivity index (χ1n) is 12.6. The van der Waals surface area contributed by atoms with Gasteiger partial charge in [-0.2, -0.15) is 13.2 Å². The fourth-order valence-electron chi connectivity index (χ4n) is 6.31. The van der Waals surface area contributed by atoms with E-state index in [1.807, 2.05) is 30.3 Å². The van der Waals surface area contributed by atoms with E-state index >= 15 is 4.39 Å². The first-order chi connectivity index (χ1) is 18.6. The second-order valence-electron chi connectivity index (χ2n) is 10.2. The van der Waals surface area contributed by atoms with E-state index in [-0.39, 0.29) is 18.0 Å². The lowest BCUT2D eigenvalue weighted by Gasteiger charge is -2.54. The van der Waals surface area contributed by atoms with E-state index < -0.39 is 46.9 Å². The van der Waals surface area contributed by atoms with E-state index in [0.717, 1.165) is 34.7 Å². The van der Waals surface area contributed by atoms with Crippen molar-refractivity contribution in [1.82, 2.24) is 5.32 Å². The summed E-state index contributed by atoms with van der Waals surface area (Å²) in [6, 6.07) is 15.9. The number of carbonyl (C=O) groups excluding carboxylic acids is 3. The second-order valence-corrected chi connectivity index (χ2v) is 10.2. The topological polar surface area (TPSA) is 69.7 Å². The molecule has 6 rings (SSSR count). The number of alkyl halides is 3. The third kappa shape index (κ3) is 3.88. The fraction of sp³-hybridized carbons (Fsp3) is 0.276. The fourth-order valence-corrected chi connectivity index (χ4v) is 6.31. The highest BCUT2D eigenvalue weighted by molar-refractivity contribution is 6.30. The number of fused-ring (bicyclic) bond motifs is 4. The molecule has 200 valence electrons. The summed E-state index contributed by atoms with van der Waals surface area (Å²) >= 11 is 0. The molecular formula is C29H23F4N3O3. The molecule has 1 spiro atoms. The molecule has 6 nitrogen and oxygen atoms in total. The van der Waals surface area contributed by atoms with Gasteiger partial charge in [0.05, 0.1) is 23.0 Å². The number of carbonyl (C=O) groups is 3. The lowest BCUT2D eigenvalue weighted by Crippen LogP contribution is -2.73. The number of halogens is 4. The number of imide groups is 2. The van der Waals surface area contributed by atoms with Crippen molar-refractivity contribution in [3.05, 3.63) is 95.3 Å². The van der Waals surface area contributed by atoms with Gasteiger partial charge in [0.15, 0.2) is 5.41 Å². The van der Waals surface area contributed by atoms with Crippen molar-refractivity contribution in [2.45, 2.75) is 37.4 Å². The molecule has 3 heterocycles. The van der Waals surface area contributed by atoms with Crippen LogP contribution in [0, 0.1) is 11.2 Å². The molecule has 3 aromatic rings. The second kappa shape index (κ2) is 8.93. The predicted molar refractivity (Wildman–Crippen MR) is 135 cm³/mol. The molecule has 0 aliphatic carbocycles. The van der Waals surface area contributed by atoms with Crippen LogP contribution in [0.4, 0.5) is 33.7 Å². The van der Waals surface area contributed by atoms with Gasteiger partial charge in [-0.15, -0.1) is 0 Å². The molecule has 4 amide bonds. The number of barbiturate groups is 1. The maximum atomic E-state index is 15.2. The highest BCUT2D eigenvalue weighted by Crippen LogP contribution is 2.51. The van der Waals surface area contributed by atoms with Crippen LogP contribution in [0.1, 0.15) is 35.4 Å². The highest BCUT2D eigenvalue weighted by atomic mass is 19.4. The number of amides is 4. The maximum absolute atomic E-state index is 15.2. The largest absolute Gasteiger partial charge is 0.416 e. The van der Waals surface area contributed by atoms with Gasteiger partial charge in [0, 0.05) is 6.54 Å². The SMILES string of the molecule is O=C1NC(=O)C2(Cc3cccc(F)c3N3CCC(c4ccccc4)CC32)C(=O)N1c1ccc(C(F)(F)F)cc1. The van der Waals surface area contributed by atoms with Crippen molar-refractivity contribution in [3.63, 3.8) is 0 Å². The van der Waals surface area contributed by atoms with Crippen molar-refractivity contribution in [2.24, 2.45) is 5.41 Å². The summed E-state index contributed by atoms with van der Waals surface area (Å²) in [5.41, 5.74) is -1.03. The minimum atomic E-state index is -4.60. The van der Waals surface area contributed by atoms with Gasteiger partial charge in [0.25, 0.3) is 5.91 Å². The minimum Gasteiger partial charge on any atom is -0.364 e. The first-order valence-corrected chi connectivity index (χ1v) is 12.6. The quantitative estimate of drug-likeness (QED) is 0.350. The number of nitrogens with one attached hydrogen (secondary N) is 1. The zero-order chi connectivity index (χ0) is 27.5. The average molecular weight is 538 g/mol. The van der Waals surface area contributed by atoms with Crippen LogP contribution in [0.2, 0.25) is 0 Å². The van der Waals surface area contributed by atoms with Crippen molar-refractivity contribution in [3.8, 4) is 0 Å². The van der Waals surface area contributed by atoms with Gasteiger partial charge in [-0.3, -0.25) is 14.9 Å². The zero-order valence-electron chi connectivity index (χ0n) is 20.5. The molecule has 3 aromatic carbocycles. The molecule has 10 heteroatoms. The van der Waals surface area contributed by atoms with Gasteiger partial charge in [0.1, 0.15) is 5.82 Å². The number of piperidine rings is 1. The van der Waals surface area contributed by atoms with Gasteiger partial charge >= 0.3 is 12.2 Å². The summed E-state index contributed by atoms with van der Waals surface area (Å²) in [6.07, 6.45) is -3.76. The first kappa shape index (κ1) is 25.1. The Bertz CT molecular complexity index is 1480. The summed E-state index contributed by atoms with van der Waals surface area (Å²) < 4.78 is 54.6. The van der Waals surface area contributed by atoms with Gasteiger partial charge in [0.2, 0.25) is 5.91 Å². The number of para-hydroxylation sites is 1. The molecular weight excluding hydrogens is 514 g/mol. The van der Waals surface area contributed by atoms with Gasteiger partial charge in [-0.05, 0) is 66.6 Å². The number of hydrogen-bond donors (Lipinski definition) is 1. The molecule has 3 atom stereocenters. The van der Waals surface area contributed by atoms with Gasteiger partial charge < -0.3 is 4.90 Å². The van der Waals surface area contributed by atoms with E-state index in [4.69, 9.17) is 0 Å². The van der Waals surface area contributed by atoms with Crippen molar-refractivity contribution >= 4 is 29.2 Å². The Hall–Kier alpha value is -4.21. The molecule has 1 N–H and O–H groups in total. The Morgan fingerprint density at radius 1 is 0.897 bits per heavy atom. The monoisotopic (exact) mass is 537 g/mol. The number of urea groups is 1. The van der Waals surface area contributed by atoms with Gasteiger partial charge in [-0.25, -0.2) is 14.1 Å². The molecule has 3 aliphatic rings. The standard InChI is InChI=1S/C29H23F4N3O3/c30-22-8-4-7-19-16-28(23-15-18(13-14-35(23)24(19)22)17-5-2-1-3-6-17)25(37)34-27(39)36(26(28)38)21-11-9-20(10-12-21)29(31,32)33/h1-12,18,23H,13-16H2,(H,34,37,39). The highest BCUT2D eigenvalue weighted by Gasteiger charge is 2.63. The van der Waals surface area contributed by atoms with Crippen LogP contribution in [0.5, 0.6) is 0 Å². The van der Waals surface area contributed by atoms with E-state index in [2.05, 4.69) is 5.32 Å². The van der Waals surface area contributed by atoms with Crippen LogP contribution in [-0.2, 0) is 22.2 Å². The van der Waals surface area contributed by atoms with Crippen LogP contribution in [0.25, 0.3) is 0 Å². The van der Waals surface area contributed by atoms with Crippen molar-refractivity contribution in [2.75, 3.05) is 16.3 Å². The van der Waals surface area contributed by atoms with E-state index in [1.54, 1.807) is 11.0 Å². The van der Waals surface area contributed by atoms with E-state index in [0.29, 0.717) is 30.6 Å². The molecule has 0 bridgehead atoms. The molecule has 2 fully saturated rings. The minimum absolute atomic E-state index is 0.0320. The lowest BCUT2D eigenvalue weighted by molar-refractivity contribution is -0.145. The van der Waals surface area contributed by atoms with Crippen LogP contribution >= 0.6 is 0 Å². The molecule has 39 heavy (non-hydrogen) atoms. The molecule has 2 saturated heterocycles. The molecule has 0 aromatic heterocycles. The summed E-state index contributed by atoms with van der Waals surface area (Å²) in [4.78, 5) is 43.4. The maximum Gasteiger partial charge on any atom is 0.416 e. The third-order valence-electron chi connectivity index (χ3n) is 8.14. The number of rotatable bonds is 2. The Labute approximate surface area is 221 Å². The van der Waals surface area contributed by atoms with Crippen molar-refractivity contribution in [1.29, 1.82) is 0 Å². The summed E-state index contributed by atoms with van der Waals surface area (Å²) in [7, 11) is 0. The van der Waals surface area contributed by atoms with Crippen LogP contribution in [0.15, 0.2) is 72.8 Å². The Balaban J connectivity index is 1.47. The van der Waals surface area contributed by atoms with Gasteiger partial charge in [-0.1, -0.05) is 42.5 Å². The molecule has 0 saturated carbocycles. The van der Waals surface area contributed by atoms with Crippen LogP contribution < -0.4 is 15.1 Å². The lowest BCUT2D eigenvalue weighted by atomic mass is 9.64. The predicted octanol–water partition coefficient (Wildman–Crippen LogP) is 5.42. The average Bonchev–Trinajstić information content (AvgIpc) is 2.92.